The molecule has 0 spiro atoms. The molecule has 36 heavy (non-hydrogen) atoms. The number of sulfonamides is 1. The van der Waals surface area contributed by atoms with Gasteiger partial charge in [0.25, 0.3) is 0 Å². The maximum absolute atomic E-state index is 13.1. The zero-order chi connectivity index (χ0) is 26.7. The molecule has 0 aliphatic carbocycles. The largest absolute Gasteiger partial charge is 0.462 e. The van der Waals surface area contributed by atoms with Gasteiger partial charge in [0, 0.05) is 16.6 Å². The second-order valence-electron chi connectivity index (χ2n) is 8.79. The number of carbonyl (C=O) groups excluding carboxylic acids is 1. The Balaban J connectivity index is 2.03. The van der Waals surface area contributed by atoms with Crippen molar-refractivity contribution in [1.82, 2.24) is 9.78 Å². The van der Waals surface area contributed by atoms with Gasteiger partial charge in [0.15, 0.2) is 5.69 Å². The minimum absolute atomic E-state index is 0.0759. The number of hydrogen-bond donors (Lipinski definition) is 1. The molecule has 196 valence electrons. The van der Waals surface area contributed by atoms with E-state index in [1.165, 1.54) is 6.20 Å². The van der Waals surface area contributed by atoms with Gasteiger partial charge in [-0.2, -0.15) is 18.3 Å². The summed E-state index contributed by atoms with van der Waals surface area (Å²) in [7, 11) is -4.16. The molecule has 0 bridgehead atoms. The predicted octanol–water partition coefficient (Wildman–Crippen LogP) is 5.48. The number of ether oxygens (including phenoxy) is 1. The number of rotatable bonds is 10. The number of alkyl halides is 3. The first-order chi connectivity index (χ1) is 16.8. The Kier molecular flexibility index (Phi) is 8.63. The van der Waals surface area contributed by atoms with Crippen LogP contribution in [0.1, 0.15) is 60.1 Å². The highest BCUT2D eigenvalue weighted by Gasteiger charge is 2.33. The van der Waals surface area contributed by atoms with Crippen LogP contribution in [0.3, 0.4) is 0 Å². The molecule has 0 aliphatic heterocycles. The lowest BCUT2D eigenvalue weighted by Gasteiger charge is -2.11. The lowest BCUT2D eigenvalue weighted by molar-refractivity contribution is -0.141. The monoisotopic (exact) mass is 543 g/mol. The van der Waals surface area contributed by atoms with Crippen molar-refractivity contribution in [3.05, 3.63) is 58.2 Å². The standard InChI is InChI=1S/C24H28F3N3O4S2/c1-4-5-12-34-22(31)21-18(13-15(2)3)35-23(36(28,32)33)20(21)17-8-6-16(7-9-17)14-30-11-10-19(29-30)24(25,26)27/h6-11,15H,4-5,12-14H2,1-3H3,(H2,28,32,33). The van der Waals surface area contributed by atoms with Crippen LogP contribution in [0.4, 0.5) is 13.2 Å². The van der Waals surface area contributed by atoms with E-state index in [0.717, 1.165) is 28.5 Å². The molecule has 3 rings (SSSR count). The van der Waals surface area contributed by atoms with Crippen molar-refractivity contribution in [2.45, 2.75) is 57.0 Å². The molecule has 0 fully saturated rings. The molecule has 2 heterocycles. The number of unbranched alkanes of at least 4 members (excludes halogenated alkanes) is 1. The molecule has 7 nitrogen and oxygen atoms in total. The van der Waals surface area contributed by atoms with Crippen LogP contribution in [0.25, 0.3) is 11.1 Å². The Morgan fingerprint density at radius 2 is 1.86 bits per heavy atom. The average molecular weight is 544 g/mol. The predicted molar refractivity (Wildman–Crippen MR) is 131 cm³/mol. The number of esters is 1. The Bertz CT molecular complexity index is 1310. The maximum Gasteiger partial charge on any atom is 0.435 e. The van der Waals surface area contributed by atoms with Gasteiger partial charge in [0.05, 0.1) is 18.7 Å². The number of benzene rings is 1. The molecule has 2 N–H and O–H groups in total. The second-order valence-corrected chi connectivity index (χ2v) is 11.7. The van der Waals surface area contributed by atoms with Crippen LogP contribution in [-0.2, 0) is 33.9 Å². The number of aromatic nitrogens is 2. The maximum atomic E-state index is 13.1. The topological polar surface area (TPSA) is 104 Å². The Labute approximate surface area is 212 Å². The number of hydrogen-bond acceptors (Lipinski definition) is 6. The molecule has 3 aromatic rings. The van der Waals surface area contributed by atoms with Crippen molar-refractivity contribution < 1.29 is 31.1 Å². The van der Waals surface area contributed by atoms with E-state index in [1.807, 2.05) is 20.8 Å². The molecule has 2 aromatic heterocycles. The van der Waals surface area contributed by atoms with Crippen LogP contribution in [0, 0.1) is 5.92 Å². The van der Waals surface area contributed by atoms with Crippen LogP contribution in [0.15, 0.2) is 40.7 Å². The summed E-state index contributed by atoms with van der Waals surface area (Å²) < 4.78 is 69.9. The SMILES string of the molecule is CCCCOC(=O)c1c(CC(C)C)sc(S(N)(=O)=O)c1-c1ccc(Cn2ccc(C(F)(F)F)n2)cc1. The first-order valence-electron chi connectivity index (χ1n) is 11.4. The Hall–Kier alpha value is -2.70. The number of thiophene rings is 1. The minimum atomic E-state index is -4.53. The third-order valence-corrected chi connectivity index (χ3v) is 7.93. The van der Waals surface area contributed by atoms with Gasteiger partial charge in [-0.1, -0.05) is 51.5 Å². The van der Waals surface area contributed by atoms with Crippen molar-refractivity contribution in [2.24, 2.45) is 11.1 Å². The normalized spacial score (nSPS) is 12.3. The van der Waals surface area contributed by atoms with Crippen LogP contribution in [0.5, 0.6) is 0 Å². The third kappa shape index (κ3) is 6.74. The highest BCUT2D eigenvalue weighted by molar-refractivity contribution is 7.91. The van der Waals surface area contributed by atoms with Gasteiger partial charge in [0.2, 0.25) is 10.0 Å². The molecule has 12 heteroatoms. The number of halogens is 3. The summed E-state index contributed by atoms with van der Waals surface area (Å²) in [6, 6.07) is 7.40. The molecule has 1 aromatic carbocycles. The van der Waals surface area contributed by atoms with Crippen LogP contribution in [0.2, 0.25) is 0 Å². The fourth-order valence-electron chi connectivity index (χ4n) is 3.59. The molecule has 0 saturated carbocycles. The molecule has 0 saturated heterocycles. The molecule has 0 aliphatic rings. The minimum Gasteiger partial charge on any atom is -0.462 e. The number of nitrogens with zero attached hydrogens (tertiary/aromatic N) is 2. The molecule has 0 atom stereocenters. The summed E-state index contributed by atoms with van der Waals surface area (Å²) in [4.78, 5) is 13.7. The van der Waals surface area contributed by atoms with Gasteiger partial charge >= 0.3 is 12.1 Å². The first-order valence-corrected chi connectivity index (χ1v) is 13.7. The van der Waals surface area contributed by atoms with Crippen molar-refractivity contribution in [2.75, 3.05) is 6.61 Å². The number of nitrogens with two attached hydrogens (primary N) is 1. The van der Waals surface area contributed by atoms with E-state index in [2.05, 4.69) is 5.10 Å². The van der Waals surface area contributed by atoms with Crippen LogP contribution < -0.4 is 5.14 Å². The first kappa shape index (κ1) is 27.9. The van der Waals surface area contributed by atoms with Crippen LogP contribution in [-0.4, -0.2) is 30.8 Å². The lowest BCUT2D eigenvalue weighted by atomic mass is 9.98. The molecule has 0 amide bonds. The Morgan fingerprint density at radius 3 is 2.39 bits per heavy atom. The quantitative estimate of drug-likeness (QED) is 0.269. The van der Waals surface area contributed by atoms with Crippen molar-refractivity contribution in [3.8, 4) is 11.1 Å². The summed E-state index contributed by atoms with van der Waals surface area (Å²) in [6.45, 7) is 6.15. The zero-order valence-electron chi connectivity index (χ0n) is 20.1. The zero-order valence-corrected chi connectivity index (χ0v) is 21.8. The second kappa shape index (κ2) is 11.1. The fourth-order valence-corrected chi connectivity index (χ4v) is 6.12. The summed E-state index contributed by atoms with van der Waals surface area (Å²) in [5.41, 5.74) is 0.456. The van der Waals surface area contributed by atoms with Gasteiger partial charge in [-0.3, -0.25) is 4.68 Å². The van der Waals surface area contributed by atoms with E-state index in [9.17, 15) is 26.4 Å². The van der Waals surface area contributed by atoms with Gasteiger partial charge < -0.3 is 4.74 Å². The number of primary sulfonamides is 1. The molecule has 0 unspecified atom stereocenters. The molecular weight excluding hydrogens is 515 g/mol. The third-order valence-electron chi connectivity index (χ3n) is 5.25. The van der Waals surface area contributed by atoms with Crippen molar-refractivity contribution in [1.29, 1.82) is 0 Å². The fraction of sp³-hybridized carbons (Fsp3) is 0.417. The summed E-state index contributed by atoms with van der Waals surface area (Å²) in [5.74, 6) is -0.467. The van der Waals surface area contributed by atoms with Crippen molar-refractivity contribution >= 4 is 27.3 Å². The summed E-state index contributed by atoms with van der Waals surface area (Å²) in [5, 5.41) is 9.07. The van der Waals surface area contributed by atoms with E-state index in [4.69, 9.17) is 9.88 Å². The van der Waals surface area contributed by atoms with E-state index in [1.54, 1.807) is 24.3 Å². The van der Waals surface area contributed by atoms with Gasteiger partial charge in [0.1, 0.15) is 4.21 Å². The van der Waals surface area contributed by atoms with Crippen LogP contribution >= 0.6 is 11.3 Å². The van der Waals surface area contributed by atoms with E-state index in [0.29, 0.717) is 28.8 Å². The van der Waals surface area contributed by atoms with Gasteiger partial charge in [-0.05, 0) is 36.0 Å². The lowest BCUT2D eigenvalue weighted by Crippen LogP contribution is -2.13. The van der Waals surface area contributed by atoms with Crippen molar-refractivity contribution in [3.63, 3.8) is 0 Å². The van der Waals surface area contributed by atoms with Gasteiger partial charge in [-0.15, -0.1) is 11.3 Å². The average Bonchev–Trinajstić information content (AvgIpc) is 3.39. The van der Waals surface area contributed by atoms with E-state index in [-0.39, 0.29) is 34.4 Å². The smallest absolute Gasteiger partial charge is 0.435 e. The van der Waals surface area contributed by atoms with E-state index < -0.39 is 27.9 Å². The highest BCUT2D eigenvalue weighted by atomic mass is 32.2. The molecular formula is C24H28F3N3O4S2. The van der Waals surface area contributed by atoms with E-state index >= 15 is 0 Å². The molecule has 0 radical (unpaired) electrons. The summed E-state index contributed by atoms with van der Waals surface area (Å²) in [6.07, 6.45) is -1.34. The van der Waals surface area contributed by atoms with Gasteiger partial charge in [-0.25, -0.2) is 18.4 Å². The summed E-state index contributed by atoms with van der Waals surface area (Å²) >= 11 is 0.961. The number of carbonyl (C=O) groups is 1. The Morgan fingerprint density at radius 1 is 1.19 bits per heavy atom. The highest BCUT2D eigenvalue weighted by Crippen LogP contribution is 2.41.